The zero-order valence-corrected chi connectivity index (χ0v) is 17.3. The van der Waals surface area contributed by atoms with E-state index >= 15 is 0 Å². The van der Waals surface area contributed by atoms with Crippen molar-refractivity contribution >= 4 is 6.09 Å². The van der Waals surface area contributed by atoms with Crippen molar-refractivity contribution in [2.45, 2.75) is 51.9 Å². The summed E-state index contributed by atoms with van der Waals surface area (Å²) in [6.45, 7) is 6.66. The fraction of sp³-hybridized carbons (Fsp3) is 0.571. The Labute approximate surface area is 171 Å². The Hall–Kier alpha value is -2.45. The zero-order valence-electron chi connectivity index (χ0n) is 17.3. The summed E-state index contributed by atoms with van der Waals surface area (Å²) in [6.07, 6.45) is 1.30. The summed E-state index contributed by atoms with van der Waals surface area (Å²) in [5.74, 6) is 0. The van der Waals surface area contributed by atoms with Gasteiger partial charge in [0.2, 0.25) is 0 Å². The molecule has 1 saturated heterocycles. The quantitative estimate of drug-likeness (QED) is 0.796. The van der Waals surface area contributed by atoms with Crippen molar-refractivity contribution in [1.82, 2.24) is 19.9 Å². The Morgan fingerprint density at radius 2 is 1.90 bits per heavy atom. The predicted molar refractivity (Wildman–Crippen MR) is 107 cm³/mol. The second-order valence-electron chi connectivity index (χ2n) is 8.72. The van der Waals surface area contributed by atoms with Crippen molar-refractivity contribution in [3.8, 4) is 0 Å². The standard InChI is InChI=1S/C21H30N4O4/c1-20(2,3)29-19(28)24-11-9-21(15-26,10-12-24)18(27)17-14-25(23-22-17)13-16-7-5-4-6-8-16/h4-8,14,18,26-27H,9-13,15H2,1-3H3. The fourth-order valence-electron chi connectivity index (χ4n) is 3.58. The van der Waals surface area contributed by atoms with Gasteiger partial charge in [-0.1, -0.05) is 35.5 Å². The Bertz CT molecular complexity index is 808. The van der Waals surface area contributed by atoms with Gasteiger partial charge < -0.3 is 19.8 Å². The van der Waals surface area contributed by atoms with Crippen molar-refractivity contribution in [2.75, 3.05) is 19.7 Å². The number of rotatable bonds is 5. The van der Waals surface area contributed by atoms with Crippen LogP contribution >= 0.6 is 0 Å². The van der Waals surface area contributed by atoms with Gasteiger partial charge in [0.15, 0.2) is 0 Å². The summed E-state index contributed by atoms with van der Waals surface area (Å²) in [6, 6.07) is 9.87. The van der Waals surface area contributed by atoms with Gasteiger partial charge in [0.05, 0.1) is 19.3 Å². The minimum atomic E-state index is -0.960. The number of aromatic nitrogens is 3. The van der Waals surface area contributed by atoms with Crippen LogP contribution in [0.3, 0.4) is 0 Å². The van der Waals surface area contributed by atoms with E-state index in [0.717, 1.165) is 5.56 Å². The van der Waals surface area contributed by atoms with Gasteiger partial charge in [-0.2, -0.15) is 0 Å². The van der Waals surface area contributed by atoms with E-state index in [1.807, 2.05) is 51.1 Å². The molecule has 1 aliphatic heterocycles. The van der Waals surface area contributed by atoms with Crippen LogP contribution in [-0.4, -0.2) is 61.5 Å². The molecule has 1 aliphatic rings. The van der Waals surface area contributed by atoms with E-state index in [1.54, 1.807) is 15.8 Å². The van der Waals surface area contributed by atoms with Gasteiger partial charge in [0, 0.05) is 18.5 Å². The van der Waals surface area contributed by atoms with Gasteiger partial charge in [0.1, 0.15) is 17.4 Å². The molecule has 0 spiro atoms. The molecule has 1 amide bonds. The maximum absolute atomic E-state index is 12.3. The lowest BCUT2D eigenvalue weighted by molar-refractivity contribution is -0.0649. The van der Waals surface area contributed by atoms with Gasteiger partial charge in [0.25, 0.3) is 0 Å². The monoisotopic (exact) mass is 402 g/mol. The van der Waals surface area contributed by atoms with E-state index < -0.39 is 17.1 Å². The molecule has 8 nitrogen and oxygen atoms in total. The number of carbonyl (C=O) groups is 1. The summed E-state index contributed by atoms with van der Waals surface area (Å²) in [5, 5.41) is 29.3. The molecule has 158 valence electrons. The largest absolute Gasteiger partial charge is 0.444 e. The number of piperidine rings is 1. The molecule has 29 heavy (non-hydrogen) atoms. The summed E-state index contributed by atoms with van der Waals surface area (Å²) >= 11 is 0. The number of aliphatic hydroxyl groups is 2. The van der Waals surface area contributed by atoms with Crippen LogP contribution in [0.1, 0.15) is 51.0 Å². The molecular formula is C21H30N4O4. The molecule has 1 unspecified atom stereocenters. The van der Waals surface area contributed by atoms with Crippen LogP contribution in [-0.2, 0) is 11.3 Å². The van der Waals surface area contributed by atoms with E-state index in [9.17, 15) is 15.0 Å². The van der Waals surface area contributed by atoms with E-state index in [-0.39, 0.29) is 12.7 Å². The number of nitrogens with zero attached hydrogens (tertiary/aromatic N) is 4. The second kappa shape index (κ2) is 8.51. The molecule has 2 N–H and O–H groups in total. The highest BCUT2D eigenvalue weighted by Crippen LogP contribution is 2.42. The van der Waals surface area contributed by atoms with Gasteiger partial charge >= 0.3 is 6.09 Å². The van der Waals surface area contributed by atoms with Crippen molar-refractivity contribution in [3.63, 3.8) is 0 Å². The Morgan fingerprint density at radius 3 is 2.48 bits per heavy atom. The Balaban J connectivity index is 1.65. The molecule has 1 fully saturated rings. The molecule has 2 aromatic rings. The number of amides is 1. The summed E-state index contributed by atoms with van der Waals surface area (Å²) in [5.41, 5.74) is 0.201. The average molecular weight is 402 g/mol. The summed E-state index contributed by atoms with van der Waals surface area (Å²) in [7, 11) is 0. The lowest BCUT2D eigenvalue weighted by atomic mass is 9.73. The third-order valence-electron chi connectivity index (χ3n) is 5.33. The zero-order chi connectivity index (χ0) is 21.1. The average Bonchev–Trinajstić information content (AvgIpc) is 3.15. The number of carbonyl (C=O) groups excluding carboxylic acids is 1. The van der Waals surface area contributed by atoms with Crippen LogP contribution in [0.25, 0.3) is 0 Å². The van der Waals surface area contributed by atoms with Crippen molar-refractivity contribution in [2.24, 2.45) is 5.41 Å². The van der Waals surface area contributed by atoms with E-state index in [4.69, 9.17) is 4.74 Å². The number of likely N-dealkylation sites (tertiary alicyclic amines) is 1. The van der Waals surface area contributed by atoms with Gasteiger partial charge in [-0.05, 0) is 39.2 Å². The molecular weight excluding hydrogens is 372 g/mol. The third-order valence-corrected chi connectivity index (χ3v) is 5.33. The first-order valence-electron chi connectivity index (χ1n) is 9.93. The minimum absolute atomic E-state index is 0.193. The lowest BCUT2D eigenvalue weighted by Gasteiger charge is -2.43. The molecule has 3 rings (SSSR count). The van der Waals surface area contributed by atoms with E-state index in [1.165, 1.54) is 0 Å². The number of ether oxygens (including phenoxy) is 1. The maximum Gasteiger partial charge on any atom is 0.410 e. The van der Waals surface area contributed by atoms with Crippen molar-refractivity contribution in [1.29, 1.82) is 0 Å². The fourth-order valence-corrected chi connectivity index (χ4v) is 3.58. The smallest absolute Gasteiger partial charge is 0.410 e. The highest BCUT2D eigenvalue weighted by molar-refractivity contribution is 5.68. The number of aliphatic hydroxyl groups excluding tert-OH is 2. The van der Waals surface area contributed by atoms with Crippen LogP contribution in [0, 0.1) is 5.41 Å². The van der Waals surface area contributed by atoms with Crippen LogP contribution < -0.4 is 0 Å². The lowest BCUT2D eigenvalue weighted by Crippen LogP contribution is -2.48. The Morgan fingerprint density at radius 1 is 1.24 bits per heavy atom. The number of benzene rings is 1. The minimum Gasteiger partial charge on any atom is -0.444 e. The molecule has 0 radical (unpaired) electrons. The van der Waals surface area contributed by atoms with Crippen LogP contribution in [0.15, 0.2) is 36.5 Å². The maximum atomic E-state index is 12.3. The van der Waals surface area contributed by atoms with Crippen LogP contribution in [0.4, 0.5) is 4.79 Å². The molecule has 1 aromatic heterocycles. The van der Waals surface area contributed by atoms with Crippen LogP contribution in [0.5, 0.6) is 0 Å². The molecule has 2 heterocycles. The number of hydrogen-bond donors (Lipinski definition) is 2. The number of hydrogen-bond acceptors (Lipinski definition) is 6. The first-order valence-corrected chi connectivity index (χ1v) is 9.93. The SMILES string of the molecule is CC(C)(C)OC(=O)N1CCC(CO)(C(O)c2cn(Cc3ccccc3)nn2)CC1. The topological polar surface area (TPSA) is 101 Å². The molecule has 1 atom stereocenters. The summed E-state index contributed by atoms with van der Waals surface area (Å²) < 4.78 is 7.10. The van der Waals surface area contributed by atoms with Crippen LogP contribution in [0.2, 0.25) is 0 Å². The normalized spacial score (nSPS) is 17.8. The van der Waals surface area contributed by atoms with Crippen molar-refractivity contribution < 1.29 is 19.7 Å². The van der Waals surface area contributed by atoms with Gasteiger partial charge in [-0.25, -0.2) is 9.48 Å². The highest BCUT2D eigenvalue weighted by atomic mass is 16.6. The predicted octanol–water partition coefficient (Wildman–Crippen LogP) is 2.37. The third kappa shape index (κ3) is 5.13. The molecule has 8 heteroatoms. The van der Waals surface area contributed by atoms with Gasteiger partial charge in [-0.15, -0.1) is 5.10 Å². The highest BCUT2D eigenvalue weighted by Gasteiger charge is 2.43. The molecule has 1 aromatic carbocycles. The first-order chi connectivity index (χ1) is 13.7. The molecule has 0 bridgehead atoms. The second-order valence-corrected chi connectivity index (χ2v) is 8.72. The van der Waals surface area contributed by atoms with Crippen molar-refractivity contribution in [3.05, 3.63) is 47.8 Å². The first kappa shape index (κ1) is 21.3. The molecule has 0 saturated carbocycles. The Kier molecular flexibility index (Phi) is 6.24. The van der Waals surface area contributed by atoms with E-state index in [2.05, 4.69) is 10.3 Å². The molecule has 0 aliphatic carbocycles. The van der Waals surface area contributed by atoms with E-state index in [0.29, 0.717) is 38.2 Å². The van der Waals surface area contributed by atoms with Gasteiger partial charge in [-0.3, -0.25) is 0 Å². The summed E-state index contributed by atoms with van der Waals surface area (Å²) in [4.78, 5) is 13.9.